The van der Waals surface area contributed by atoms with E-state index in [1.54, 1.807) is 7.05 Å². The molecule has 2 N–H and O–H groups in total. The maximum atomic E-state index is 11.4. The highest BCUT2D eigenvalue weighted by molar-refractivity contribution is 5.75. The lowest BCUT2D eigenvalue weighted by atomic mass is 10.1. The van der Waals surface area contributed by atoms with Gasteiger partial charge in [-0.05, 0) is 20.8 Å². The fourth-order valence-electron chi connectivity index (χ4n) is 1.35. The molecular weight excluding hydrogens is 210 g/mol. The van der Waals surface area contributed by atoms with E-state index in [9.17, 15) is 9.59 Å². The number of hydrogen-bond donors (Lipinski definition) is 2. The van der Waals surface area contributed by atoms with E-state index < -0.39 is 0 Å². The highest BCUT2D eigenvalue weighted by Crippen LogP contribution is 2.07. The zero-order valence-corrected chi connectivity index (χ0v) is 10.2. The maximum absolute atomic E-state index is 11.4. The van der Waals surface area contributed by atoms with Crippen LogP contribution in [0, 0.1) is 0 Å². The number of nitrogens with one attached hydrogen (secondary N) is 2. The average Bonchev–Trinajstić information content (AvgIpc) is 2.40. The second-order valence-corrected chi connectivity index (χ2v) is 4.97. The molecule has 0 spiro atoms. The van der Waals surface area contributed by atoms with Crippen LogP contribution in [0.2, 0.25) is 0 Å². The first-order valence-electron chi connectivity index (χ1n) is 5.26. The first-order valence-corrected chi connectivity index (χ1v) is 5.26. The monoisotopic (exact) mass is 229 g/mol. The number of nitrogens with zero attached hydrogens (tertiary/aromatic N) is 1. The van der Waals surface area contributed by atoms with Crippen LogP contribution < -0.4 is 10.6 Å². The second kappa shape index (κ2) is 4.59. The van der Waals surface area contributed by atoms with E-state index in [-0.39, 0.29) is 23.8 Å². The first-order chi connectivity index (χ1) is 7.28. The summed E-state index contributed by atoms with van der Waals surface area (Å²) in [6.45, 7) is 6.54. The van der Waals surface area contributed by atoms with Gasteiger partial charge in [0.15, 0.2) is 0 Å². The van der Waals surface area contributed by atoms with E-state index in [2.05, 4.69) is 10.6 Å². The van der Waals surface area contributed by atoms with Crippen molar-refractivity contribution < 1.29 is 14.3 Å². The Kier molecular flexibility index (Phi) is 3.62. The molecular formula is C10H19N3O3. The number of rotatable bonds is 2. The largest absolute Gasteiger partial charge is 0.442 e. The van der Waals surface area contributed by atoms with Crippen LogP contribution in [0.1, 0.15) is 20.8 Å². The summed E-state index contributed by atoms with van der Waals surface area (Å²) in [5, 5.41) is 5.43. The molecule has 6 heteroatoms. The van der Waals surface area contributed by atoms with Crippen molar-refractivity contribution in [2.75, 3.05) is 20.1 Å². The van der Waals surface area contributed by atoms with Gasteiger partial charge in [-0.1, -0.05) is 0 Å². The summed E-state index contributed by atoms with van der Waals surface area (Å²) in [7, 11) is 1.66. The van der Waals surface area contributed by atoms with Crippen molar-refractivity contribution in [1.82, 2.24) is 15.5 Å². The predicted molar refractivity (Wildman–Crippen MR) is 59.2 cm³/mol. The van der Waals surface area contributed by atoms with Crippen molar-refractivity contribution >= 4 is 12.1 Å². The molecule has 1 aliphatic heterocycles. The molecule has 0 aliphatic carbocycles. The molecule has 16 heavy (non-hydrogen) atoms. The predicted octanol–water partition coefficient (Wildman–Crippen LogP) is 0.535. The number of hydrogen-bond acceptors (Lipinski definition) is 3. The average molecular weight is 229 g/mol. The van der Waals surface area contributed by atoms with Crippen LogP contribution in [0.5, 0.6) is 0 Å². The van der Waals surface area contributed by atoms with Gasteiger partial charge in [0.1, 0.15) is 6.10 Å². The molecule has 0 bridgehead atoms. The van der Waals surface area contributed by atoms with Crippen molar-refractivity contribution in [1.29, 1.82) is 0 Å². The molecule has 1 fully saturated rings. The van der Waals surface area contributed by atoms with Gasteiger partial charge in [-0.3, -0.25) is 0 Å². The zero-order chi connectivity index (χ0) is 12.3. The number of cyclic esters (lactones) is 1. The van der Waals surface area contributed by atoms with Crippen LogP contribution in [0.25, 0.3) is 0 Å². The molecule has 0 aromatic carbocycles. The summed E-state index contributed by atoms with van der Waals surface area (Å²) >= 11 is 0. The Hall–Kier alpha value is -1.46. The maximum Gasteiger partial charge on any atom is 0.410 e. The molecule has 0 radical (unpaired) electrons. The van der Waals surface area contributed by atoms with E-state index >= 15 is 0 Å². The third-order valence-corrected chi connectivity index (χ3v) is 2.04. The molecule has 0 saturated carbocycles. The van der Waals surface area contributed by atoms with Gasteiger partial charge >= 0.3 is 12.1 Å². The SMILES string of the molecule is CN1CC(CNC(=O)NC(C)(C)C)OC1=O. The van der Waals surface area contributed by atoms with Crippen molar-refractivity contribution in [3.8, 4) is 0 Å². The molecule has 1 heterocycles. The Balaban J connectivity index is 2.26. The number of carbonyl (C=O) groups excluding carboxylic acids is 2. The first kappa shape index (κ1) is 12.6. The van der Waals surface area contributed by atoms with Crippen LogP contribution in [-0.2, 0) is 4.74 Å². The van der Waals surface area contributed by atoms with Gasteiger partial charge in [-0.15, -0.1) is 0 Å². The number of carbonyl (C=O) groups is 2. The lowest BCUT2D eigenvalue weighted by molar-refractivity contribution is 0.133. The Morgan fingerprint density at radius 3 is 2.62 bits per heavy atom. The Morgan fingerprint density at radius 1 is 1.56 bits per heavy atom. The summed E-state index contributed by atoms with van der Waals surface area (Å²) in [5.74, 6) is 0. The fraction of sp³-hybridized carbons (Fsp3) is 0.800. The fourth-order valence-corrected chi connectivity index (χ4v) is 1.35. The minimum absolute atomic E-state index is 0.252. The number of likely N-dealkylation sites (N-methyl/N-ethyl adjacent to an activating group) is 1. The molecule has 1 atom stereocenters. The number of urea groups is 1. The second-order valence-electron chi connectivity index (χ2n) is 4.97. The highest BCUT2D eigenvalue weighted by atomic mass is 16.6. The van der Waals surface area contributed by atoms with Crippen LogP contribution in [0.15, 0.2) is 0 Å². The van der Waals surface area contributed by atoms with Crippen molar-refractivity contribution in [2.45, 2.75) is 32.4 Å². The van der Waals surface area contributed by atoms with Crippen LogP contribution in [0.4, 0.5) is 9.59 Å². The smallest absolute Gasteiger partial charge is 0.410 e. The van der Waals surface area contributed by atoms with E-state index in [0.29, 0.717) is 13.1 Å². The molecule has 1 unspecified atom stereocenters. The Labute approximate surface area is 95.3 Å². The molecule has 1 saturated heterocycles. The van der Waals surface area contributed by atoms with Crippen molar-refractivity contribution in [3.63, 3.8) is 0 Å². The molecule has 1 rings (SSSR count). The Morgan fingerprint density at radius 2 is 2.19 bits per heavy atom. The molecule has 92 valence electrons. The molecule has 0 aromatic rings. The quantitative estimate of drug-likeness (QED) is 0.725. The van der Waals surface area contributed by atoms with Crippen LogP contribution in [0.3, 0.4) is 0 Å². The Bertz CT molecular complexity index is 286. The summed E-state index contributed by atoms with van der Waals surface area (Å²) in [4.78, 5) is 23.9. The van der Waals surface area contributed by atoms with Gasteiger partial charge in [-0.25, -0.2) is 9.59 Å². The van der Waals surface area contributed by atoms with Gasteiger partial charge in [0.05, 0.1) is 13.1 Å². The lowest BCUT2D eigenvalue weighted by Crippen LogP contribution is -2.48. The van der Waals surface area contributed by atoms with E-state index in [0.717, 1.165) is 0 Å². The summed E-state index contributed by atoms with van der Waals surface area (Å²) in [5.41, 5.74) is -0.271. The van der Waals surface area contributed by atoms with Gasteiger partial charge < -0.3 is 20.3 Å². The topological polar surface area (TPSA) is 70.7 Å². The van der Waals surface area contributed by atoms with Crippen molar-refractivity contribution in [2.24, 2.45) is 0 Å². The lowest BCUT2D eigenvalue weighted by Gasteiger charge is -2.21. The normalized spacial score (nSPS) is 20.6. The van der Waals surface area contributed by atoms with E-state index in [4.69, 9.17) is 4.74 Å². The van der Waals surface area contributed by atoms with Gasteiger partial charge in [-0.2, -0.15) is 0 Å². The minimum Gasteiger partial charge on any atom is -0.442 e. The minimum atomic E-state index is -0.344. The van der Waals surface area contributed by atoms with E-state index in [1.165, 1.54) is 4.90 Å². The van der Waals surface area contributed by atoms with Gasteiger partial charge in [0, 0.05) is 12.6 Å². The van der Waals surface area contributed by atoms with Crippen LogP contribution in [-0.4, -0.2) is 48.8 Å². The van der Waals surface area contributed by atoms with Crippen molar-refractivity contribution in [3.05, 3.63) is 0 Å². The molecule has 0 aromatic heterocycles. The highest BCUT2D eigenvalue weighted by Gasteiger charge is 2.28. The number of amides is 3. The third-order valence-electron chi connectivity index (χ3n) is 2.04. The summed E-state index contributed by atoms with van der Waals surface area (Å²) in [6, 6.07) is -0.252. The molecule has 1 aliphatic rings. The molecule has 6 nitrogen and oxygen atoms in total. The summed E-state index contributed by atoms with van der Waals surface area (Å²) in [6.07, 6.45) is -0.605. The van der Waals surface area contributed by atoms with Crippen LogP contribution >= 0.6 is 0 Å². The standard InChI is InChI=1S/C10H19N3O3/c1-10(2,3)12-8(14)11-5-7-6-13(4)9(15)16-7/h7H,5-6H2,1-4H3,(H2,11,12,14). The van der Waals surface area contributed by atoms with Gasteiger partial charge in [0.2, 0.25) is 0 Å². The summed E-state index contributed by atoms with van der Waals surface area (Å²) < 4.78 is 5.00. The molecule has 3 amide bonds. The number of ether oxygens (including phenoxy) is 1. The van der Waals surface area contributed by atoms with Gasteiger partial charge in [0.25, 0.3) is 0 Å². The van der Waals surface area contributed by atoms with E-state index in [1.807, 2.05) is 20.8 Å². The zero-order valence-electron chi connectivity index (χ0n) is 10.2. The third kappa shape index (κ3) is 3.96.